The van der Waals surface area contributed by atoms with E-state index in [0.717, 1.165) is 25.1 Å². The van der Waals surface area contributed by atoms with E-state index in [2.05, 4.69) is 21.7 Å². The minimum atomic E-state index is -0.111. The number of aryl methyl sites for hydroxylation is 1. The minimum Gasteiger partial charge on any atom is -0.394 e. The topological polar surface area (TPSA) is 62.7 Å². The van der Waals surface area contributed by atoms with Gasteiger partial charge in [0.05, 0.1) is 23.9 Å². The van der Waals surface area contributed by atoms with Crippen LogP contribution in [0, 0.1) is 12.5 Å². The van der Waals surface area contributed by atoms with Crippen LogP contribution in [0.5, 0.6) is 0 Å². The zero-order valence-electron chi connectivity index (χ0n) is 13.4. The maximum Gasteiger partial charge on any atom is 0.270 e. The lowest BCUT2D eigenvalue weighted by molar-refractivity contribution is 0.226. The third kappa shape index (κ3) is 2.68. The SMILES string of the molecule is [C-]#[N+]c1ccc2c(n1)c(N1C[C@@H](C)CC[C@@H]1CO)cc(=O)n2C. The fourth-order valence-corrected chi connectivity index (χ4v) is 3.28. The van der Waals surface area contributed by atoms with E-state index in [-0.39, 0.29) is 18.2 Å². The van der Waals surface area contributed by atoms with Crippen LogP contribution < -0.4 is 10.5 Å². The van der Waals surface area contributed by atoms with Gasteiger partial charge in [-0.25, -0.2) is 0 Å². The summed E-state index contributed by atoms with van der Waals surface area (Å²) in [5, 5.41) is 9.71. The zero-order chi connectivity index (χ0) is 16.6. The first-order valence-corrected chi connectivity index (χ1v) is 7.81. The van der Waals surface area contributed by atoms with Crippen molar-refractivity contribution in [3.63, 3.8) is 0 Å². The lowest BCUT2D eigenvalue weighted by Gasteiger charge is -2.39. The largest absolute Gasteiger partial charge is 0.394 e. The molecule has 1 N–H and O–H groups in total. The third-order valence-corrected chi connectivity index (χ3v) is 4.63. The van der Waals surface area contributed by atoms with Gasteiger partial charge < -0.3 is 19.4 Å². The van der Waals surface area contributed by atoms with Crippen molar-refractivity contribution >= 4 is 22.5 Å². The van der Waals surface area contributed by atoms with Crippen molar-refractivity contribution in [2.24, 2.45) is 13.0 Å². The summed E-state index contributed by atoms with van der Waals surface area (Å²) in [5.41, 5.74) is 1.96. The van der Waals surface area contributed by atoms with E-state index < -0.39 is 0 Å². The summed E-state index contributed by atoms with van der Waals surface area (Å²) in [6, 6.07) is 4.95. The van der Waals surface area contributed by atoms with Gasteiger partial charge in [0.2, 0.25) is 5.52 Å². The molecule has 0 bridgehead atoms. The Hall–Kier alpha value is -2.39. The van der Waals surface area contributed by atoms with Gasteiger partial charge in [-0.05, 0) is 30.9 Å². The van der Waals surface area contributed by atoms with Crippen molar-refractivity contribution < 1.29 is 5.11 Å². The summed E-state index contributed by atoms with van der Waals surface area (Å²) in [7, 11) is 1.70. The number of nitrogens with zero attached hydrogens (tertiary/aromatic N) is 4. The maximum absolute atomic E-state index is 12.3. The number of aliphatic hydroxyl groups excluding tert-OH is 1. The Morgan fingerprint density at radius 1 is 1.43 bits per heavy atom. The first-order valence-electron chi connectivity index (χ1n) is 7.81. The first-order chi connectivity index (χ1) is 11.0. The van der Waals surface area contributed by atoms with E-state index >= 15 is 0 Å². The highest BCUT2D eigenvalue weighted by atomic mass is 16.3. The Morgan fingerprint density at radius 2 is 2.22 bits per heavy atom. The monoisotopic (exact) mass is 312 g/mol. The Kier molecular flexibility index (Phi) is 4.05. The van der Waals surface area contributed by atoms with E-state index in [1.807, 2.05) is 0 Å². The molecule has 2 aromatic heterocycles. The van der Waals surface area contributed by atoms with Crippen LogP contribution in [0.2, 0.25) is 0 Å². The summed E-state index contributed by atoms with van der Waals surface area (Å²) in [6.45, 7) is 10.2. The maximum atomic E-state index is 12.3. The van der Waals surface area contributed by atoms with Gasteiger partial charge in [-0.2, -0.15) is 0 Å². The van der Waals surface area contributed by atoms with Crippen LogP contribution >= 0.6 is 0 Å². The molecule has 1 aliphatic heterocycles. The molecule has 1 saturated heterocycles. The number of pyridine rings is 2. The van der Waals surface area contributed by atoms with Crippen molar-refractivity contribution in [1.29, 1.82) is 0 Å². The number of fused-ring (bicyclic) bond motifs is 1. The normalized spacial score (nSPS) is 21.4. The fraction of sp³-hybridized carbons (Fsp3) is 0.471. The van der Waals surface area contributed by atoms with Crippen LogP contribution in [-0.4, -0.2) is 33.9 Å². The highest BCUT2D eigenvalue weighted by Gasteiger charge is 2.29. The van der Waals surface area contributed by atoms with Crippen LogP contribution in [-0.2, 0) is 7.05 Å². The van der Waals surface area contributed by atoms with Gasteiger partial charge in [-0.1, -0.05) is 13.5 Å². The van der Waals surface area contributed by atoms with Crippen LogP contribution in [0.25, 0.3) is 15.9 Å². The molecule has 0 amide bonds. The number of hydrogen-bond acceptors (Lipinski definition) is 4. The fourth-order valence-electron chi connectivity index (χ4n) is 3.28. The quantitative estimate of drug-likeness (QED) is 0.863. The molecule has 0 spiro atoms. The minimum absolute atomic E-state index is 0.0140. The Morgan fingerprint density at radius 3 is 2.91 bits per heavy atom. The molecule has 2 atom stereocenters. The van der Waals surface area contributed by atoms with E-state index in [9.17, 15) is 9.90 Å². The van der Waals surface area contributed by atoms with E-state index in [1.165, 1.54) is 0 Å². The second-order valence-electron chi connectivity index (χ2n) is 6.25. The molecule has 0 radical (unpaired) electrons. The van der Waals surface area contributed by atoms with Crippen molar-refractivity contribution in [3.05, 3.63) is 40.0 Å². The molecule has 1 fully saturated rings. The number of anilines is 1. The van der Waals surface area contributed by atoms with Crippen LogP contribution in [0.4, 0.5) is 11.5 Å². The Bertz CT molecular complexity index is 837. The Labute approximate surface area is 134 Å². The molecule has 23 heavy (non-hydrogen) atoms. The average Bonchev–Trinajstić information content (AvgIpc) is 2.57. The molecule has 2 aromatic rings. The molecule has 0 aromatic carbocycles. The van der Waals surface area contributed by atoms with Crippen LogP contribution in [0.1, 0.15) is 19.8 Å². The van der Waals surface area contributed by atoms with Crippen LogP contribution in [0.3, 0.4) is 0 Å². The Balaban J connectivity index is 2.25. The highest BCUT2D eigenvalue weighted by Crippen LogP contribution is 2.32. The molecular formula is C17H20N4O2. The molecule has 6 heteroatoms. The van der Waals surface area contributed by atoms with Crippen molar-refractivity contribution in [2.45, 2.75) is 25.8 Å². The number of hydrogen-bond donors (Lipinski definition) is 1. The molecule has 120 valence electrons. The second-order valence-corrected chi connectivity index (χ2v) is 6.25. The second kappa shape index (κ2) is 6.01. The van der Waals surface area contributed by atoms with Gasteiger partial charge >= 0.3 is 0 Å². The summed E-state index contributed by atoms with van der Waals surface area (Å²) < 4.78 is 1.54. The molecule has 3 rings (SSSR count). The van der Waals surface area contributed by atoms with Gasteiger partial charge in [-0.3, -0.25) is 4.79 Å². The van der Waals surface area contributed by atoms with E-state index in [4.69, 9.17) is 6.57 Å². The average molecular weight is 312 g/mol. The molecule has 0 saturated carbocycles. The van der Waals surface area contributed by atoms with Gasteiger partial charge in [0.15, 0.2) is 0 Å². The highest BCUT2D eigenvalue weighted by molar-refractivity contribution is 5.89. The summed E-state index contributed by atoms with van der Waals surface area (Å²) in [5.74, 6) is 0.795. The van der Waals surface area contributed by atoms with Gasteiger partial charge in [0.1, 0.15) is 0 Å². The summed E-state index contributed by atoms with van der Waals surface area (Å²) >= 11 is 0. The number of aromatic nitrogens is 2. The summed E-state index contributed by atoms with van der Waals surface area (Å²) in [6.07, 6.45) is 1.95. The smallest absolute Gasteiger partial charge is 0.270 e. The molecular weight excluding hydrogens is 292 g/mol. The van der Waals surface area contributed by atoms with Crippen molar-refractivity contribution in [2.75, 3.05) is 18.1 Å². The predicted octanol–water partition coefficient (Wildman–Crippen LogP) is 2.08. The number of aliphatic hydroxyl groups is 1. The number of piperidine rings is 1. The first kappa shape index (κ1) is 15.5. The van der Waals surface area contributed by atoms with E-state index in [0.29, 0.717) is 22.8 Å². The molecule has 3 heterocycles. The lowest BCUT2D eigenvalue weighted by Crippen LogP contribution is -2.45. The lowest BCUT2D eigenvalue weighted by atomic mass is 9.94. The molecule has 1 aliphatic rings. The van der Waals surface area contributed by atoms with Gasteiger partial charge in [-0.15, -0.1) is 4.98 Å². The summed E-state index contributed by atoms with van der Waals surface area (Å²) in [4.78, 5) is 22.2. The molecule has 6 nitrogen and oxygen atoms in total. The van der Waals surface area contributed by atoms with Crippen LogP contribution in [0.15, 0.2) is 23.0 Å². The predicted molar refractivity (Wildman–Crippen MR) is 89.9 cm³/mol. The zero-order valence-corrected chi connectivity index (χ0v) is 13.4. The van der Waals surface area contributed by atoms with Gasteiger partial charge in [0, 0.05) is 19.7 Å². The van der Waals surface area contributed by atoms with Gasteiger partial charge in [0.25, 0.3) is 11.4 Å². The van der Waals surface area contributed by atoms with Crippen molar-refractivity contribution in [3.8, 4) is 0 Å². The third-order valence-electron chi connectivity index (χ3n) is 4.63. The standard InChI is InChI=1S/C17H20N4O2/c1-11-4-5-12(10-22)21(9-11)14-8-16(23)20(3)13-6-7-15(18-2)19-17(13)14/h6-8,11-12,22H,4-5,9-10H2,1,3H3/t11-,12+/m0/s1. The number of rotatable bonds is 2. The molecule has 0 aliphatic carbocycles. The van der Waals surface area contributed by atoms with E-state index in [1.54, 1.807) is 29.8 Å². The van der Waals surface area contributed by atoms with Crippen molar-refractivity contribution in [1.82, 2.24) is 9.55 Å². The molecule has 0 unspecified atom stereocenters.